The molecule has 35 heavy (non-hydrogen) atoms. The van der Waals surface area contributed by atoms with E-state index >= 15 is 0 Å². The Kier molecular flexibility index (Phi) is 6.74. The van der Waals surface area contributed by atoms with Crippen LogP contribution in [0.1, 0.15) is 64.0 Å². The molecule has 0 unspecified atom stereocenters. The first-order valence-electron chi connectivity index (χ1n) is 11.9. The Hall–Kier alpha value is -3.93. The zero-order valence-electron chi connectivity index (χ0n) is 20.8. The number of fused-ring (bicyclic) bond motifs is 1. The lowest BCUT2D eigenvalue weighted by molar-refractivity contribution is -0.112. The summed E-state index contributed by atoms with van der Waals surface area (Å²) in [6.45, 7) is 11.4. The first kappa shape index (κ1) is 24.2. The van der Waals surface area contributed by atoms with Crippen molar-refractivity contribution in [1.82, 2.24) is 4.57 Å². The van der Waals surface area contributed by atoms with Crippen molar-refractivity contribution >= 4 is 35.1 Å². The van der Waals surface area contributed by atoms with E-state index in [0.717, 1.165) is 23.5 Å². The number of hydrogen-bond donors (Lipinski definition) is 0. The zero-order valence-corrected chi connectivity index (χ0v) is 20.8. The van der Waals surface area contributed by atoms with Crippen LogP contribution in [0, 0.1) is 19.8 Å². The van der Waals surface area contributed by atoms with Gasteiger partial charge in [0.15, 0.2) is 0 Å². The van der Waals surface area contributed by atoms with E-state index in [0.29, 0.717) is 33.9 Å². The molecule has 0 spiro atoms. The molecule has 0 aliphatic carbocycles. The van der Waals surface area contributed by atoms with Gasteiger partial charge in [-0.25, -0.2) is 9.69 Å². The van der Waals surface area contributed by atoms with Crippen LogP contribution in [-0.2, 0) is 16.1 Å². The highest BCUT2D eigenvalue weighted by Crippen LogP contribution is 2.34. The van der Waals surface area contributed by atoms with E-state index in [1.54, 1.807) is 43.3 Å². The number of aryl methyl sites for hydroxylation is 1. The van der Waals surface area contributed by atoms with Crippen LogP contribution in [0.25, 0.3) is 11.6 Å². The summed E-state index contributed by atoms with van der Waals surface area (Å²) < 4.78 is 7.29. The van der Waals surface area contributed by atoms with Crippen LogP contribution in [0.5, 0.6) is 0 Å². The minimum Gasteiger partial charge on any atom is -0.462 e. The number of nitrogens with zero attached hydrogens (tertiary/aromatic N) is 2. The second-order valence-corrected chi connectivity index (χ2v) is 9.15. The van der Waals surface area contributed by atoms with Gasteiger partial charge in [-0.05, 0) is 80.3 Å². The summed E-state index contributed by atoms with van der Waals surface area (Å²) in [5.74, 6) is -0.746. The van der Waals surface area contributed by atoms with Crippen LogP contribution in [0.4, 0.5) is 5.69 Å². The van der Waals surface area contributed by atoms with Gasteiger partial charge in [0.2, 0.25) is 0 Å². The fraction of sp³-hybridized carbons (Fsp3) is 0.276. The molecule has 0 N–H and O–H groups in total. The summed E-state index contributed by atoms with van der Waals surface area (Å²) in [4.78, 5) is 40.3. The van der Waals surface area contributed by atoms with Gasteiger partial charge in [-0.2, -0.15) is 0 Å². The molecule has 6 nitrogen and oxygen atoms in total. The van der Waals surface area contributed by atoms with Crippen molar-refractivity contribution in [2.75, 3.05) is 11.5 Å². The van der Waals surface area contributed by atoms with Gasteiger partial charge in [0, 0.05) is 29.1 Å². The number of aromatic nitrogens is 1. The van der Waals surface area contributed by atoms with Crippen molar-refractivity contribution in [2.24, 2.45) is 5.92 Å². The quantitative estimate of drug-likeness (QED) is 0.265. The highest BCUT2D eigenvalue weighted by molar-refractivity contribution is 6.43. The van der Waals surface area contributed by atoms with Gasteiger partial charge in [0.25, 0.3) is 11.8 Å². The Bertz CT molecular complexity index is 1330. The van der Waals surface area contributed by atoms with Gasteiger partial charge in [0.05, 0.1) is 17.9 Å². The molecule has 6 heteroatoms. The number of carbonyl (C=O) groups is 3. The van der Waals surface area contributed by atoms with Crippen molar-refractivity contribution in [2.45, 2.75) is 41.2 Å². The van der Waals surface area contributed by atoms with Gasteiger partial charge >= 0.3 is 5.97 Å². The second kappa shape index (κ2) is 9.74. The predicted molar refractivity (Wildman–Crippen MR) is 137 cm³/mol. The number of benzene rings is 2. The molecule has 1 aliphatic rings. The molecule has 1 aliphatic heterocycles. The third kappa shape index (κ3) is 4.56. The van der Waals surface area contributed by atoms with Crippen LogP contribution in [0.3, 0.4) is 0 Å². The topological polar surface area (TPSA) is 68.6 Å². The van der Waals surface area contributed by atoms with Gasteiger partial charge in [-0.1, -0.05) is 32.0 Å². The number of anilines is 1. The number of esters is 1. The predicted octanol–water partition coefficient (Wildman–Crippen LogP) is 5.67. The molecule has 3 aromatic rings. The number of carbonyl (C=O) groups excluding carboxylic acids is 3. The molecule has 180 valence electrons. The van der Waals surface area contributed by atoms with E-state index in [1.807, 2.05) is 18.2 Å². The molecule has 1 aromatic heterocycles. The summed E-state index contributed by atoms with van der Waals surface area (Å²) in [5, 5.41) is 0. The van der Waals surface area contributed by atoms with E-state index in [1.165, 1.54) is 4.90 Å². The number of imide groups is 1. The lowest BCUT2D eigenvalue weighted by Gasteiger charge is -2.28. The number of rotatable bonds is 6. The highest BCUT2D eigenvalue weighted by atomic mass is 16.5. The SMILES string of the molecule is CCOC(=O)c1ccc(N2C(=O)/C(=C\c3cc(C)n(CC(C)C)c3C)c3ccccc3C2=O)cc1. The number of ether oxygens (including phenoxy) is 1. The Morgan fingerprint density at radius 3 is 2.26 bits per heavy atom. The van der Waals surface area contributed by atoms with Crippen LogP contribution in [0.15, 0.2) is 54.6 Å². The summed E-state index contributed by atoms with van der Waals surface area (Å²) in [6.07, 6.45) is 1.88. The lowest BCUT2D eigenvalue weighted by atomic mass is 9.91. The third-order valence-corrected chi connectivity index (χ3v) is 6.18. The van der Waals surface area contributed by atoms with Crippen LogP contribution in [0.2, 0.25) is 0 Å². The molecule has 0 saturated carbocycles. The van der Waals surface area contributed by atoms with Crippen molar-refractivity contribution in [3.8, 4) is 0 Å². The van der Waals surface area contributed by atoms with Gasteiger partial charge in [-0.3, -0.25) is 9.59 Å². The summed E-state index contributed by atoms with van der Waals surface area (Å²) in [6, 6.07) is 15.6. The molecule has 0 radical (unpaired) electrons. The fourth-order valence-corrected chi connectivity index (χ4v) is 4.46. The van der Waals surface area contributed by atoms with Gasteiger partial charge in [0.1, 0.15) is 0 Å². The maximum absolute atomic E-state index is 13.7. The van der Waals surface area contributed by atoms with Crippen molar-refractivity contribution < 1.29 is 19.1 Å². The Morgan fingerprint density at radius 2 is 1.63 bits per heavy atom. The van der Waals surface area contributed by atoms with Gasteiger partial charge < -0.3 is 9.30 Å². The fourth-order valence-electron chi connectivity index (χ4n) is 4.46. The molecule has 2 amide bonds. The Labute approximate surface area is 205 Å². The summed E-state index contributed by atoms with van der Waals surface area (Å²) in [5.41, 5.74) is 5.46. The average molecular weight is 471 g/mol. The summed E-state index contributed by atoms with van der Waals surface area (Å²) in [7, 11) is 0. The average Bonchev–Trinajstić information content (AvgIpc) is 3.09. The minimum atomic E-state index is -0.446. The monoisotopic (exact) mass is 470 g/mol. The zero-order chi connectivity index (χ0) is 25.3. The largest absolute Gasteiger partial charge is 0.462 e. The maximum Gasteiger partial charge on any atom is 0.338 e. The standard InChI is InChI=1S/C29H30N2O4/c1-6-35-29(34)21-11-13-23(14-12-21)31-27(32)25-10-8-7-9-24(25)26(28(31)33)16-22-15-19(4)30(20(22)5)17-18(2)3/h7-16,18H,6,17H2,1-5H3/b26-16-. The third-order valence-electron chi connectivity index (χ3n) is 6.18. The highest BCUT2D eigenvalue weighted by Gasteiger charge is 2.36. The van der Waals surface area contributed by atoms with Crippen molar-refractivity contribution in [3.05, 3.63) is 88.2 Å². The molecular weight excluding hydrogens is 440 g/mol. The van der Waals surface area contributed by atoms with E-state index in [4.69, 9.17) is 4.74 Å². The van der Waals surface area contributed by atoms with E-state index < -0.39 is 17.8 Å². The minimum absolute atomic E-state index is 0.270. The molecule has 0 atom stereocenters. The molecule has 2 heterocycles. The van der Waals surface area contributed by atoms with E-state index in [9.17, 15) is 14.4 Å². The van der Waals surface area contributed by atoms with Gasteiger partial charge in [-0.15, -0.1) is 0 Å². The number of amides is 2. The molecule has 0 fully saturated rings. The second-order valence-electron chi connectivity index (χ2n) is 9.15. The molecular formula is C29H30N2O4. The molecule has 0 saturated heterocycles. The normalized spacial score (nSPS) is 14.6. The van der Waals surface area contributed by atoms with Crippen molar-refractivity contribution in [1.29, 1.82) is 0 Å². The maximum atomic E-state index is 13.7. The van der Waals surface area contributed by atoms with Crippen LogP contribution in [-0.4, -0.2) is 29.0 Å². The number of hydrogen-bond acceptors (Lipinski definition) is 4. The van der Waals surface area contributed by atoms with E-state index in [2.05, 4.69) is 38.3 Å². The van der Waals surface area contributed by atoms with Crippen LogP contribution < -0.4 is 4.90 Å². The summed E-state index contributed by atoms with van der Waals surface area (Å²) >= 11 is 0. The Balaban J connectivity index is 1.80. The molecule has 0 bridgehead atoms. The van der Waals surface area contributed by atoms with Crippen LogP contribution >= 0.6 is 0 Å². The first-order chi connectivity index (χ1) is 16.7. The molecule has 2 aromatic carbocycles. The lowest BCUT2D eigenvalue weighted by Crippen LogP contribution is -2.41. The molecule has 4 rings (SSSR count). The Morgan fingerprint density at radius 1 is 0.971 bits per heavy atom. The smallest absolute Gasteiger partial charge is 0.338 e. The van der Waals surface area contributed by atoms with Crippen molar-refractivity contribution in [3.63, 3.8) is 0 Å². The first-order valence-corrected chi connectivity index (χ1v) is 11.9. The van der Waals surface area contributed by atoms with E-state index in [-0.39, 0.29) is 6.61 Å².